The SMILES string of the molecule is COCC1OC(n2cc(CCC(=O)NCCCCCCNC(=O)c3ccc(C(=O)O)c(-c4c5ccc(=O)cc-5oc5cc(O)ccc45)c3)c(=O)[nH]c2=O)CC1OC. The number of carbonyl (C=O) groups excluding carboxylic acids is 2. The van der Waals surface area contributed by atoms with E-state index in [-0.39, 0.29) is 82.3 Å². The highest BCUT2D eigenvalue weighted by atomic mass is 16.6. The Kier molecular flexibility index (Phi) is 13.0. The number of aromatic nitrogens is 2. The molecule has 0 radical (unpaired) electrons. The van der Waals surface area contributed by atoms with E-state index in [2.05, 4.69) is 15.6 Å². The fraction of sp³-hybridized carbons (Fsp3) is 0.366. The summed E-state index contributed by atoms with van der Waals surface area (Å²) in [5.41, 5.74) is 0.384. The number of fused-ring (bicyclic) bond motifs is 2. The van der Waals surface area contributed by atoms with Gasteiger partial charge in [-0.05, 0) is 67.3 Å². The van der Waals surface area contributed by atoms with Gasteiger partial charge in [-0.15, -0.1) is 0 Å². The number of carboxylic acid groups (broad SMARTS) is 1. The van der Waals surface area contributed by atoms with Crippen LogP contribution in [0, 0.1) is 0 Å². The zero-order chi connectivity index (χ0) is 40.6. The van der Waals surface area contributed by atoms with E-state index in [4.69, 9.17) is 18.6 Å². The van der Waals surface area contributed by atoms with Gasteiger partial charge in [0.25, 0.3) is 11.5 Å². The van der Waals surface area contributed by atoms with Crippen molar-refractivity contribution in [2.45, 2.75) is 63.4 Å². The molecule has 2 amide bonds. The Bertz CT molecular complexity index is 2420. The van der Waals surface area contributed by atoms with Gasteiger partial charge in [0.1, 0.15) is 29.4 Å². The van der Waals surface area contributed by atoms with E-state index in [1.54, 1.807) is 26.4 Å². The molecular weight excluding hydrogens is 740 g/mol. The lowest BCUT2D eigenvalue weighted by molar-refractivity contribution is -0.121. The van der Waals surface area contributed by atoms with Crippen LogP contribution in [-0.4, -0.2) is 83.7 Å². The maximum absolute atomic E-state index is 13.2. The molecule has 3 aliphatic rings. The van der Waals surface area contributed by atoms with E-state index in [0.717, 1.165) is 12.8 Å². The van der Waals surface area contributed by atoms with E-state index in [0.29, 0.717) is 48.9 Å². The molecule has 0 bridgehead atoms. The van der Waals surface area contributed by atoms with Crippen molar-refractivity contribution in [1.29, 1.82) is 0 Å². The van der Waals surface area contributed by atoms with E-state index in [1.807, 2.05) is 0 Å². The number of rotatable bonds is 17. The third-order valence-electron chi connectivity index (χ3n) is 9.96. The van der Waals surface area contributed by atoms with Crippen molar-refractivity contribution < 1.29 is 43.2 Å². The number of aryl methyl sites for hydroxylation is 1. The standard InChI is InChI=1S/C41H44N4O12/c1-54-22-34-33(55-2)20-36(57-34)45-21-24(39(50)44-41(45)53)8-14-35(48)42-15-5-3-4-6-16-43-38(49)23-7-11-27(40(51)52)30(17-23)37-28-12-9-25(46)18-31(28)56-32-19-26(47)10-13-29(32)37/h7,9-13,17-19,21,33-34,36,46H,3-6,8,14-16,20,22H2,1-2H3,(H,42,48)(H,43,49)(H,51,52)(H,44,50,53). The van der Waals surface area contributed by atoms with Crippen molar-refractivity contribution >= 4 is 28.8 Å². The molecule has 1 saturated heterocycles. The Morgan fingerprint density at radius 2 is 1.70 bits per heavy atom. The number of phenolic OH excluding ortho intramolecular Hbond substituents is 1. The first kappa shape index (κ1) is 40.6. The van der Waals surface area contributed by atoms with Gasteiger partial charge in [0, 0.05) is 86.1 Å². The second-order valence-corrected chi connectivity index (χ2v) is 13.8. The van der Waals surface area contributed by atoms with Crippen molar-refractivity contribution in [1.82, 2.24) is 20.2 Å². The minimum absolute atomic E-state index is 0.0533. The Morgan fingerprint density at radius 3 is 2.44 bits per heavy atom. The van der Waals surface area contributed by atoms with Gasteiger partial charge in [0.15, 0.2) is 5.43 Å². The van der Waals surface area contributed by atoms with Crippen LogP contribution < -0.4 is 27.3 Å². The number of aromatic amines is 1. The predicted octanol–water partition coefficient (Wildman–Crippen LogP) is 3.81. The molecule has 57 heavy (non-hydrogen) atoms. The van der Waals surface area contributed by atoms with E-state index >= 15 is 0 Å². The molecule has 1 aliphatic carbocycles. The number of nitrogens with one attached hydrogen (secondary N) is 3. The first-order chi connectivity index (χ1) is 27.5. The molecule has 300 valence electrons. The summed E-state index contributed by atoms with van der Waals surface area (Å²) in [4.78, 5) is 77.6. The number of aromatic carboxylic acids is 1. The molecule has 0 spiro atoms. The van der Waals surface area contributed by atoms with E-state index < -0.39 is 29.4 Å². The lowest BCUT2D eigenvalue weighted by atomic mass is 9.89. The summed E-state index contributed by atoms with van der Waals surface area (Å²) in [6.45, 7) is 1.08. The van der Waals surface area contributed by atoms with Crippen molar-refractivity contribution in [3.63, 3.8) is 0 Å². The summed E-state index contributed by atoms with van der Waals surface area (Å²) in [5, 5.41) is 26.4. The summed E-state index contributed by atoms with van der Waals surface area (Å²) in [7, 11) is 3.10. The first-order valence-corrected chi connectivity index (χ1v) is 18.6. The highest BCUT2D eigenvalue weighted by molar-refractivity contribution is 6.09. The molecule has 3 unspecified atom stereocenters. The number of H-pyrrole nitrogens is 1. The molecular formula is C41H44N4O12. The van der Waals surface area contributed by atoms with Gasteiger partial charge in [-0.25, -0.2) is 9.59 Å². The van der Waals surface area contributed by atoms with Crippen LogP contribution in [0.3, 0.4) is 0 Å². The monoisotopic (exact) mass is 784 g/mol. The lowest BCUT2D eigenvalue weighted by Crippen LogP contribution is -2.35. The van der Waals surface area contributed by atoms with Gasteiger partial charge < -0.3 is 39.5 Å². The molecule has 16 nitrogen and oxygen atoms in total. The molecule has 2 aromatic carbocycles. The van der Waals surface area contributed by atoms with Gasteiger partial charge in [-0.2, -0.15) is 0 Å². The predicted molar refractivity (Wildman–Crippen MR) is 208 cm³/mol. The summed E-state index contributed by atoms with van der Waals surface area (Å²) in [6, 6.07) is 12.9. The molecule has 16 heteroatoms. The number of ether oxygens (including phenoxy) is 3. The molecule has 2 aliphatic heterocycles. The molecule has 6 rings (SSSR count). The lowest BCUT2D eigenvalue weighted by Gasteiger charge is -2.17. The van der Waals surface area contributed by atoms with Gasteiger partial charge in [-0.3, -0.25) is 28.7 Å². The number of benzene rings is 3. The number of carbonyl (C=O) groups is 3. The number of carboxylic acids is 1. The number of phenols is 1. The quantitative estimate of drug-likeness (QED) is 0.0670. The minimum Gasteiger partial charge on any atom is -0.508 e. The Labute approximate surface area is 325 Å². The third-order valence-corrected chi connectivity index (χ3v) is 9.96. The summed E-state index contributed by atoms with van der Waals surface area (Å²) in [6.07, 6.45) is 3.64. The number of hydrogen-bond acceptors (Lipinski definition) is 11. The maximum Gasteiger partial charge on any atom is 0.336 e. The van der Waals surface area contributed by atoms with Crippen LogP contribution in [0.4, 0.5) is 0 Å². The van der Waals surface area contributed by atoms with Crippen LogP contribution in [0.1, 0.15) is 71.0 Å². The van der Waals surface area contributed by atoms with Gasteiger partial charge in [0.05, 0.1) is 18.3 Å². The Balaban J connectivity index is 0.977. The summed E-state index contributed by atoms with van der Waals surface area (Å²) in [5.74, 6) is -1.71. The van der Waals surface area contributed by atoms with Gasteiger partial charge in [0.2, 0.25) is 5.91 Å². The van der Waals surface area contributed by atoms with Crippen molar-refractivity contribution in [3.8, 4) is 28.2 Å². The van der Waals surface area contributed by atoms with Crippen LogP contribution in [-0.2, 0) is 25.4 Å². The molecule has 1 fully saturated rings. The zero-order valence-corrected chi connectivity index (χ0v) is 31.5. The molecule has 3 heterocycles. The summed E-state index contributed by atoms with van der Waals surface area (Å²) >= 11 is 0. The first-order valence-electron chi connectivity index (χ1n) is 18.6. The number of unbranched alkanes of at least 4 members (excludes halogenated alkanes) is 3. The van der Waals surface area contributed by atoms with Crippen molar-refractivity contribution in [2.24, 2.45) is 0 Å². The van der Waals surface area contributed by atoms with E-state index in [1.165, 1.54) is 53.2 Å². The number of methoxy groups -OCH3 is 2. The second-order valence-electron chi connectivity index (χ2n) is 13.8. The normalized spacial score (nSPS) is 16.6. The van der Waals surface area contributed by atoms with Crippen LogP contribution >= 0.6 is 0 Å². The molecule has 5 N–H and O–H groups in total. The zero-order valence-electron chi connectivity index (χ0n) is 31.5. The minimum atomic E-state index is -1.21. The largest absolute Gasteiger partial charge is 0.508 e. The number of nitrogens with zero attached hydrogens (tertiary/aromatic N) is 1. The van der Waals surface area contributed by atoms with Gasteiger partial charge >= 0.3 is 11.7 Å². The Hall–Kier alpha value is -6.10. The smallest absolute Gasteiger partial charge is 0.336 e. The number of amides is 2. The highest BCUT2D eigenvalue weighted by Crippen LogP contribution is 2.42. The third kappa shape index (κ3) is 9.48. The van der Waals surface area contributed by atoms with Crippen LogP contribution in [0.5, 0.6) is 5.75 Å². The fourth-order valence-corrected chi connectivity index (χ4v) is 7.05. The molecule has 3 atom stereocenters. The van der Waals surface area contributed by atoms with Crippen molar-refractivity contribution in [3.05, 3.63) is 109 Å². The number of hydrogen-bond donors (Lipinski definition) is 5. The molecule has 3 aromatic rings. The highest BCUT2D eigenvalue weighted by Gasteiger charge is 2.37. The number of aromatic hydroxyl groups is 1. The fourth-order valence-electron chi connectivity index (χ4n) is 7.05. The van der Waals surface area contributed by atoms with E-state index in [9.17, 15) is 39.0 Å². The summed E-state index contributed by atoms with van der Waals surface area (Å²) < 4.78 is 23.8. The van der Waals surface area contributed by atoms with Crippen LogP contribution in [0.15, 0.2) is 79.6 Å². The average molecular weight is 785 g/mol. The second kappa shape index (κ2) is 18.2. The van der Waals surface area contributed by atoms with Crippen LogP contribution in [0.25, 0.3) is 33.4 Å². The maximum atomic E-state index is 13.2. The topological polar surface area (TPSA) is 228 Å². The van der Waals surface area contributed by atoms with Crippen LogP contribution in [0.2, 0.25) is 0 Å². The molecule has 1 aromatic heterocycles. The average Bonchev–Trinajstić information content (AvgIpc) is 3.59. The Morgan fingerprint density at radius 1 is 0.930 bits per heavy atom. The van der Waals surface area contributed by atoms with Crippen molar-refractivity contribution in [2.75, 3.05) is 33.9 Å². The molecule has 0 saturated carbocycles. The van der Waals surface area contributed by atoms with Gasteiger partial charge in [-0.1, -0.05) is 12.8 Å².